The smallest absolute Gasteiger partial charge is 0.257 e. The standard InChI is InChI=1S/C19H19Cl2N3O2/c1-23-8-10-24(11-9-23)19(26)13-2-5-15(6-3-13)22-18(25)16-12-14(20)4-7-17(16)21/h2-7,12H,8-11H2,1H3,(H,22,25). The van der Waals surface area contributed by atoms with Crippen LogP contribution in [0.25, 0.3) is 0 Å². The molecule has 2 aromatic rings. The van der Waals surface area contributed by atoms with Crippen molar-refractivity contribution in [1.29, 1.82) is 0 Å². The minimum Gasteiger partial charge on any atom is -0.336 e. The average molecular weight is 392 g/mol. The van der Waals surface area contributed by atoms with Gasteiger partial charge in [0.05, 0.1) is 10.6 Å². The Morgan fingerprint density at radius 1 is 0.962 bits per heavy atom. The second kappa shape index (κ2) is 8.08. The van der Waals surface area contributed by atoms with Crippen LogP contribution >= 0.6 is 23.2 Å². The molecule has 0 radical (unpaired) electrons. The molecule has 5 nitrogen and oxygen atoms in total. The van der Waals surface area contributed by atoms with E-state index in [4.69, 9.17) is 23.2 Å². The Morgan fingerprint density at radius 3 is 2.27 bits per heavy atom. The zero-order chi connectivity index (χ0) is 18.7. The number of nitrogens with one attached hydrogen (secondary N) is 1. The topological polar surface area (TPSA) is 52.6 Å². The molecule has 0 spiro atoms. The quantitative estimate of drug-likeness (QED) is 0.868. The van der Waals surface area contributed by atoms with Gasteiger partial charge in [-0.25, -0.2) is 0 Å². The highest BCUT2D eigenvalue weighted by Crippen LogP contribution is 2.22. The molecule has 2 amide bonds. The normalized spacial score (nSPS) is 15.0. The van der Waals surface area contributed by atoms with E-state index in [1.165, 1.54) is 6.07 Å². The number of carbonyl (C=O) groups is 2. The first-order chi connectivity index (χ1) is 12.4. The lowest BCUT2D eigenvalue weighted by Crippen LogP contribution is -2.47. The Hall–Kier alpha value is -2.08. The zero-order valence-electron chi connectivity index (χ0n) is 14.3. The number of likely N-dealkylation sites (N-methyl/N-ethyl adjacent to an activating group) is 1. The van der Waals surface area contributed by atoms with Gasteiger partial charge in [-0.2, -0.15) is 0 Å². The molecule has 1 heterocycles. The highest BCUT2D eigenvalue weighted by Gasteiger charge is 2.20. The Morgan fingerprint density at radius 2 is 1.62 bits per heavy atom. The number of nitrogens with zero attached hydrogens (tertiary/aromatic N) is 2. The van der Waals surface area contributed by atoms with Crippen LogP contribution < -0.4 is 5.32 Å². The predicted octanol–water partition coefficient (Wildman–Crippen LogP) is 3.63. The van der Waals surface area contributed by atoms with Gasteiger partial charge in [0.15, 0.2) is 0 Å². The van der Waals surface area contributed by atoms with Crippen LogP contribution in [0.2, 0.25) is 10.0 Å². The molecule has 1 aliphatic rings. The van der Waals surface area contributed by atoms with E-state index in [0.29, 0.717) is 26.9 Å². The summed E-state index contributed by atoms with van der Waals surface area (Å²) in [5.74, 6) is -0.343. The summed E-state index contributed by atoms with van der Waals surface area (Å²) in [6, 6.07) is 11.6. The fourth-order valence-electron chi connectivity index (χ4n) is 2.76. The minimum atomic E-state index is -0.351. The van der Waals surface area contributed by atoms with E-state index in [2.05, 4.69) is 10.2 Å². The highest BCUT2D eigenvalue weighted by molar-refractivity contribution is 6.36. The van der Waals surface area contributed by atoms with Crippen LogP contribution in [-0.4, -0.2) is 54.8 Å². The number of anilines is 1. The van der Waals surface area contributed by atoms with E-state index >= 15 is 0 Å². The third-order valence-electron chi connectivity index (χ3n) is 4.35. The van der Waals surface area contributed by atoms with Crippen LogP contribution in [0.15, 0.2) is 42.5 Å². The second-order valence-electron chi connectivity index (χ2n) is 6.25. The van der Waals surface area contributed by atoms with Gasteiger partial charge in [0.2, 0.25) is 0 Å². The Kier molecular flexibility index (Phi) is 5.81. The van der Waals surface area contributed by atoms with Crippen LogP contribution in [0, 0.1) is 0 Å². The van der Waals surface area contributed by atoms with Crippen molar-refractivity contribution in [3.8, 4) is 0 Å². The fourth-order valence-corrected chi connectivity index (χ4v) is 3.13. The maximum atomic E-state index is 12.5. The molecular formula is C19H19Cl2N3O2. The van der Waals surface area contributed by atoms with Crippen LogP contribution in [0.4, 0.5) is 5.69 Å². The summed E-state index contributed by atoms with van der Waals surface area (Å²) >= 11 is 12.0. The molecule has 1 fully saturated rings. The number of halogens is 2. The lowest BCUT2D eigenvalue weighted by molar-refractivity contribution is 0.0664. The molecule has 1 saturated heterocycles. The van der Waals surface area contributed by atoms with E-state index in [9.17, 15) is 9.59 Å². The first-order valence-corrected chi connectivity index (χ1v) is 9.04. The third kappa shape index (κ3) is 4.36. The van der Waals surface area contributed by atoms with Crippen molar-refractivity contribution in [2.24, 2.45) is 0 Å². The summed E-state index contributed by atoms with van der Waals surface area (Å²) < 4.78 is 0. The van der Waals surface area contributed by atoms with Crippen molar-refractivity contribution < 1.29 is 9.59 Å². The Balaban J connectivity index is 1.67. The molecule has 0 aliphatic carbocycles. The molecule has 3 rings (SSSR count). The molecule has 1 N–H and O–H groups in total. The molecule has 0 aromatic heterocycles. The number of carbonyl (C=O) groups excluding carboxylic acids is 2. The van der Waals surface area contributed by atoms with Crippen molar-refractivity contribution in [3.63, 3.8) is 0 Å². The molecule has 26 heavy (non-hydrogen) atoms. The van der Waals surface area contributed by atoms with Crippen molar-refractivity contribution in [2.45, 2.75) is 0 Å². The van der Waals surface area contributed by atoms with Crippen molar-refractivity contribution in [2.75, 3.05) is 38.5 Å². The summed E-state index contributed by atoms with van der Waals surface area (Å²) in [5, 5.41) is 3.53. The summed E-state index contributed by atoms with van der Waals surface area (Å²) in [6.45, 7) is 3.20. The maximum absolute atomic E-state index is 12.5. The minimum absolute atomic E-state index is 0.00821. The first-order valence-electron chi connectivity index (χ1n) is 8.28. The summed E-state index contributed by atoms with van der Waals surface area (Å²) in [7, 11) is 2.05. The van der Waals surface area contributed by atoms with Gasteiger partial charge in [0.1, 0.15) is 0 Å². The lowest BCUT2D eigenvalue weighted by atomic mass is 10.1. The van der Waals surface area contributed by atoms with E-state index in [0.717, 1.165) is 26.2 Å². The van der Waals surface area contributed by atoms with Gasteiger partial charge in [0.25, 0.3) is 11.8 Å². The predicted molar refractivity (Wildman–Crippen MR) is 104 cm³/mol. The van der Waals surface area contributed by atoms with E-state index in [-0.39, 0.29) is 11.8 Å². The number of piperazine rings is 1. The molecule has 0 unspecified atom stereocenters. The van der Waals surface area contributed by atoms with Crippen molar-refractivity contribution >= 4 is 40.7 Å². The molecule has 7 heteroatoms. The Labute approximate surface area is 162 Å². The molecular weight excluding hydrogens is 373 g/mol. The monoisotopic (exact) mass is 391 g/mol. The number of amides is 2. The number of rotatable bonds is 3. The number of benzene rings is 2. The van der Waals surface area contributed by atoms with Gasteiger partial charge in [-0.05, 0) is 49.5 Å². The fraction of sp³-hybridized carbons (Fsp3) is 0.263. The summed E-state index contributed by atoms with van der Waals surface area (Å²) in [5.41, 5.74) is 1.49. The molecule has 0 saturated carbocycles. The van der Waals surface area contributed by atoms with Crippen molar-refractivity contribution in [1.82, 2.24) is 9.80 Å². The third-order valence-corrected chi connectivity index (χ3v) is 4.92. The van der Waals surface area contributed by atoms with E-state index < -0.39 is 0 Å². The largest absolute Gasteiger partial charge is 0.336 e. The highest BCUT2D eigenvalue weighted by atomic mass is 35.5. The molecule has 0 bridgehead atoms. The lowest BCUT2D eigenvalue weighted by Gasteiger charge is -2.32. The molecule has 136 valence electrons. The Bertz CT molecular complexity index is 816. The second-order valence-corrected chi connectivity index (χ2v) is 7.09. The number of hydrogen-bond donors (Lipinski definition) is 1. The summed E-state index contributed by atoms with van der Waals surface area (Å²) in [4.78, 5) is 28.9. The average Bonchev–Trinajstić information content (AvgIpc) is 2.64. The number of hydrogen-bond acceptors (Lipinski definition) is 3. The molecule has 2 aromatic carbocycles. The van der Waals surface area contributed by atoms with Gasteiger partial charge in [-0.15, -0.1) is 0 Å². The van der Waals surface area contributed by atoms with E-state index in [1.54, 1.807) is 36.4 Å². The van der Waals surface area contributed by atoms with Crippen LogP contribution in [0.3, 0.4) is 0 Å². The van der Waals surface area contributed by atoms with E-state index in [1.807, 2.05) is 11.9 Å². The maximum Gasteiger partial charge on any atom is 0.257 e. The van der Waals surface area contributed by atoms with Gasteiger partial charge < -0.3 is 15.1 Å². The van der Waals surface area contributed by atoms with Crippen molar-refractivity contribution in [3.05, 3.63) is 63.6 Å². The van der Waals surface area contributed by atoms with Gasteiger partial charge >= 0.3 is 0 Å². The first kappa shape index (κ1) is 18.7. The van der Waals surface area contributed by atoms with Gasteiger partial charge in [-0.1, -0.05) is 23.2 Å². The van der Waals surface area contributed by atoms with Crippen LogP contribution in [0.1, 0.15) is 20.7 Å². The van der Waals surface area contributed by atoms with Gasteiger partial charge in [0, 0.05) is 42.5 Å². The summed E-state index contributed by atoms with van der Waals surface area (Å²) in [6.07, 6.45) is 0. The SMILES string of the molecule is CN1CCN(C(=O)c2ccc(NC(=O)c3cc(Cl)ccc3Cl)cc2)CC1. The van der Waals surface area contributed by atoms with Gasteiger partial charge in [-0.3, -0.25) is 9.59 Å². The molecule has 0 atom stereocenters. The van der Waals surface area contributed by atoms with Crippen LogP contribution in [0.5, 0.6) is 0 Å². The molecule has 1 aliphatic heterocycles. The zero-order valence-corrected chi connectivity index (χ0v) is 15.8. The van der Waals surface area contributed by atoms with Crippen LogP contribution in [-0.2, 0) is 0 Å².